The molecule has 35 heavy (non-hydrogen) atoms. The molecule has 3 aromatic carbocycles. The first-order valence-corrected chi connectivity index (χ1v) is 10.7. The monoisotopic (exact) mass is 476 g/mol. The molecule has 9 heteroatoms. The van der Waals surface area contributed by atoms with Gasteiger partial charge < -0.3 is 15.3 Å². The minimum absolute atomic E-state index is 0.0582. The van der Waals surface area contributed by atoms with Crippen molar-refractivity contribution in [3.8, 4) is 5.75 Å². The van der Waals surface area contributed by atoms with Crippen molar-refractivity contribution in [3.63, 3.8) is 0 Å². The van der Waals surface area contributed by atoms with E-state index in [4.69, 9.17) is 0 Å². The molecule has 7 nitrogen and oxygen atoms in total. The van der Waals surface area contributed by atoms with Gasteiger partial charge in [0.15, 0.2) is 17.3 Å². The number of benzene rings is 3. The quantitative estimate of drug-likeness (QED) is 0.435. The normalized spacial score (nSPS) is 10.9. The van der Waals surface area contributed by atoms with Crippen LogP contribution in [0.2, 0.25) is 0 Å². The van der Waals surface area contributed by atoms with Crippen molar-refractivity contribution in [2.75, 3.05) is 17.3 Å². The van der Waals surface area contributed by atoms with Crippen LogP contribution in [-0.4, -0.2) is 27.6 Å². The summed E-state index contributed by atoms with van der Waals surface area (Å²) in [6.07, 6.45) is 0. The van der Waals surface area contributed by atoms with E-state index in [9.17, 15) is 23.5 Å². The van der Waals surface area contributed by atoms with Crippen LogP contribution in [0.4, 0.5) is 20.4 Å². The number of nitrogens with zero attached hydrogens (tertiary/aromatic N) is 3. The fraction of sp³-hybridized carbons (Fsp3) is 0.115. The predicted octanol–water partition coefficient (Wildman–Crippen LogP) is 4.24. The lowest BCUT2D eigenvalue weighted by Gasteiger charge is -2.31. The molecule has 0 atom stereocenters. The van der Waals surface area contributed by atoms with E-state index in [2.05, 4.69) is 10.3 Å². The number of halogens is 2. The number of hydrogen-bond acceptors (Lipinski definition) is 5. The summed E-state index contributed by atoms with van der Waals surface area (Å²) in [5.41, 5.74) is 0.390. The summed E-state index contributed by atoms with van der Waals surface area (Å²) in [7, 11) is 3.16. The SMILES string of the molecule is CN(c1nc(C(=O)Nc2ccc(F)c(F)c2)c(O)c(=O)n1C)C(c1ccccc1)c1ccccc1. The molecule has 0 saturated heterocycles. The van der Waals surface area contributed by atoms with Crippen LogP contribution in [0, 0.1) is 11.6 Å². The fourth-order valence-corrected chi connectivity index (χ4v) is 3.84. The summed E-state index contributed by atoms with van der Waals surface area (Å²) in [5, 5.41) is 12.7. The summed E-state index contributed by atoms with van der Waals surface area (Å²) in [5.74, 6) is -3.93. The minimum Gasteiger partial charge on any atom is -0.501 e. The summed E-state index contributed by atoms with van der Waals surface area (Å²) < 4.78 is 27.9. The summed E-state index contributed by atoms with van der Waals surface area (Å²) in [4.78, 5) is 31.7. The molecule has 2 N–H and O–H groups in total. The van der Waals surface area contributed by atoms with E-state index in [0.29, 0.717) is 0 Å². The topological polar surface area (TPSA) is 87.5 Å². The van der Waals surface area contributed by atoms with Gasteiger partial charge in [-0.15, -0.1) is 0 Å². The highest BCUT2D eigenvalue weighted by Gasteiger charge is 2.27. The third-order valence-electron chi connectivity index (χ3n) is 5.57. The van der Waals surface area contributed by atoms with E-state index < -0.39 is 34.5 Å². The molecule has 0 saturated carbocycles. The molecule has 1 heterocycles. The number of carbonyl (C=O) groups is 1. The van der Waals surface area contributed by atoms with Crippen LogP contribution in [0.15, 0.2) is 83.7 Å². The molecular weight excluding hydrogens is 454 g/mol. The highest BCUT2D eigenvalue weighted by atomic mass is 19.2. The maximum absolute atomic E-state index is 13.6. The average Bonchev–Trinajstić information content (AvgIpc) is 2.86. The third-order valence-corrected chi connectivity index (χ3v) is 5.57. The molecule has 0 aliphatic rings. The Morgan fingerprint density at radius 3 is 2.09 bits per heavy atom. The third kappa shape index (κ3) is 4.74. The first-order valence-electron chi connectivity index (χ1n) is 10.7. The van der Waals surface area contributed by atoms with Gasteiger partial charge in [0.1, 0.15) is 0 Å². The van der Waals surface area contributed by atoms with Gasteiger partial charge in [0.05, 0.1) is 6.04 Å². The van der Waals surface area contributed by atoms with E-state index in [-0.39, 0.29) is 17.7 Å². The number of aromatic hydroxyl groups is 1. The Morgan fingerprint density at radius 1 is 0.971 bits per heavy atom. The van der Waals surface area contributed by atoms with Gasteiger partial charge in [0, 0.05) is 25.8 Å². The Morgan fingerprint density at radius 2 is 1.54 bits per heavy atom. The van der Waals surface area contributed by atoms with Crippen LogP contribution in [0.1, 0.15) is 27.7 Å². The zero-order valence-corrected chi connectivity index (χ0v) is 18.9. The lowest BCUT2D eigenvalue weighted by molar-refractivity contribution is 0.101. The Labute approximate surface area is 199 Å². The molecule has 0 bridgehead atoms. The number of carbonyl (C=O) groups excluding carboxylic acids is 1. The summed E-state index contributed by atoms with van der Waals surface area (Å²) in [6.45, 7) is 0. The molecule has 4 rings (SSSR count). The van der Waals surface area contributed by atoms with E-state index in [1.807, 2.05) is 60.7 Å². The largest absolute Gasteiger partial charge is 0.501 e. The van der Waals surface area contributed by atoms with Crippen LogP contribution in [0.25, 0.3) is 0 Å². The van der Waals surface area contributed by atoms with Gasteiger partial charge in [0.2, 0.25) is 11.7 Å². The van der Waals surface area contributed by atoms with Gasteiger partial charge in [-0.1, -0.05) is 60.7 Å². The standard InChI is InChI=1S/C26H22F2N4O3/c1-31(22(16-9-5-3-6-10-16)17-11-7-4-8-12-17)26-30-21(23(33)25(35)32(26)2)24(34)29-18-13-14-19(27)20(28)15-18/h3-15,22,33H,1-2H3,(H,29,34). The Kier molecular flexibility index (Phi) is 6.59. The molecule has 178 valence electrons. The predicted molar refractivity (Wildman–Crippen MR) is 129 cm³/mol. The van der Waals surface area contributed by atoms with Crippen LogP contribution >= 0.6 is 0 Å². The zero-order chi connectivity index (χ0) is 25.1. The lowest BCUT2D eigenvalue weighted by Crippen LogP contribution is -2.34. The number of anilines is 2. The van der Waals surface area contributed by atoms with E-state index >= 15 is 0 Å². The van der Waals surface area contributed by atoms with Gasteiger partial charge in [0.25, 0.3) is 11.5 Å². The first kappa shape index (κ1) is 23.6. The molecule has 0 radical (unpaired) electrons. The van der Waals surface area contributed by atoms with Gasteiger partial charge >= 0.3 is 0 Å². The maximum atomic E-state index is 13.6. The zero-order valence-electron chi connectivity index (χ0n) is 18.9. The van der Waals surface area contributed by atoms with Crippen LogP contribution < -0.4 is 15.8 Å². The van der Waals surface area contributed by atoms with Crippen molar-refractivity contribution in [2.24, 2.45) is 7.05 Å². The van der Waals surface area contributed by atoms with E-state index in [0.717, 1.165) is 33.9 Å². The number of amides is 1. The van der Waals surface area contributed by atoms with Crippen molar-refractivity contribution in [3.05, 3.63) is 118 Å². The molecular formula is C26H22F2N4O3. The first-order chi connectivity index (χ1) is 16.8. The van der Waals surface area contributed by atoms with Gasteiger partial charge in [-0.2, -0.15) is 0 Å². The second kappa shape index (κ2) is 9.76. The molecule has 1 amide bonds. The highest BCUT2D eigenvalue weighted by Crippen LogP contribution is 2.31. The number of aromatic nitrogens is 2. The maximum Gasteiger partial charge on any atom is 0.297 e. The van der Waals surface area contributed by atoms with Gasteiger partial charge in [-0.05, 0) is 23.3 Å². The molecule has 1 aromatic heterocycles. The summed E-state index contributed by atoms with van der Waals surface area (Å²) >= 11 is 0. The van der Waals surface area contributed by atoms with E-state index in [1.54, 1.807) is 11.9 Å². The molecule has 0 unspecified atom stereocenters. The van der Waals surface area contributed by atoms with Crippen molar-refractivity contribution in [2.45, 2.75) is 6.04 Å². The van der Waals surface area contributed by atoms with Crippen molar-refractivity contribution >= 4 is 17.5 Å². The summed E-state index contributed by atoms with van der Waals surface area (Å²) in [6, 6.07) is 21.5. The average molecular weight is 476 g/mol. The fourth-order valence-electron chi connectivity index (χ4n) is 3.84. The number of hydrogen-bond donors (Lipinski definition) is 2. The Balaban J connectivity index is 1.78. The molecule has 0 aliphatic carbocycles. The second-order valence-corrected chi connectivity index (χ2v) is 7.89. The van der Waals surface area contributed by atoms with Crippen LogP contribution in [-0.2, 0) is 7.05 Å². The number of rotatable bonds is 6. The highest BCUT2D eigenvalue weighted by molar-refractivity contribution is 6.04. The smallest absolute Gasteiger partial charge is 0.297 e. The Bertz CT molecular complexity index is 1390. The second-order valence-electron chi connectivity index (χ2n) is 7.89. The molecule has 0 aliphatic heterocycles. The van der Waals surface area contributed by atoms with Crippen molar-refractivity contribution in [1.82, 2.24) is 9.55 Å². The van der Waals surface area contributed by atoms with E-state index in [1.165, 1.54) is 7.05 Å². The van der Waals surface area contributed by atoms with Crippen molar-refractivity contribution < 1.29 is 18.7 Å². The van der Waals surface area contributed by atoms with Crippen LogP contribution in [0.3, 0.4) is 0 Å². The van der Waals surface area contributed by atoms with Crippen LogP contribution in [0.5, 0.6) is 5.75 Å². The van der Waals surface area contributed by atoms with Gasteiger partial charge in [-0.3, -0.25) is 14.2 Å². The lowest BCUT2D eigenvalue weighted by atomic mass is 9.97. The number of nitrogens with one attached hydrogen (secondary N) is 1. The Hall–Kier alpha value is -4.53. The molecule has 0 fully saturated rings. The molecule has 4 aromatic rings. The minimum atomic E-state index is -1.15. The molecule has 0 spiro atoms. The van der Waals surface area contributed by atoms with Gasteiger partial charge in [-0.25, -0.2) is 13.8 Å². The van der Waals surface area contributed by atoms with Crippen molar-refractivity contribution in [1.29, 1.82) is 0 Å².